The molecule has 6 heteroatoms. The van der Waals surface area contributed by atoms with E-state index in [1.54, 1.807) is 0 Å². The molecule has 0 saturated carbocycles. The third kappa shape index (κ3) is 5.95. The first-order chi connectivity index (χ1) is 45.4. The standard InChI is InChI=1S/C57H39N5Si/c1-4-20-40(21-5-1)41-22-18-28-45(38-41)63(43-24-6-2-7-25-43,44-26-8-3-9-27-44)46-29-19-23-42(39-46)55-58-56(61-51-34-14-10-30-47(51)48-31-11-15-35-52(48)61)60-57(59-55)62-53-36-16-12-32-49(53)50-33-13-17-37-54(50)62/h1-39H/i1D,2D,3D,4D,5D,6D,7D,8D,9D,10D,11D,12D,13D,14D,15D,16D,17D,18D,20D,21D,22D,24D,25D,26D,28D,30D,31D,32D,33D,34D,35D,36D,37D,38D. The minimum atomic E-state index is -5.99. The maximum atomic E-state index is 10.3. The topological polar surface area (TPSA) is 48.5 Å². The second kappa shape index (κ2) is 15.1. The summed E-state index contributed by atoms with van der Waals surface area (Å²) in [6.45, 7) is 0. The van der Waals surface area contributed by atoms with Crippen molar-refractivity contribution in [3.63, 3.8) is 0 Å². The van der Waals surface area contributed by atoms with Crippen molar-refractivity contribution in [3.8, 4) is 34.4 Å². The summed E-state index contributed by atoms with van der Waals surface area (Å²) in [5, 5.41) is -5.12. The lowest BCUT2D eigenvalue weighted by atomic mass is 10.1. The third-order valence-electron chi connectivity index (χ3n) is 10.2. The highest BCUT2D eigenvalue weighted by molar-refractivity contribution is 7.20. The summed E-state index contributed by atoms with van der Waals surface area (Å²) in [7, 11) is -5.99. The van der Waals surface area contributed by atoms with E-state index < -0.39 is 312 Å². The molecule has 12 aromatic rings. The molecule has 3 heterocycles. The summed E-state index contributed by atoms with van der Waals surface area (Å²) in [6, 6.07) is -27.8. The molecule has 12 rings (SSSR count). The molecular formula is C57H39N5Si. The van der Waals surface area contributed by atoms with Crippen molar-refractivity contribution >= 4 is 72.4 Å². The van der Waals surface area contributed by atoms with Gasteiger partial charge in [-0.2, -0.15) is 15.0 Å². The van der Waals surface area contributed by atoms with Gasteiger partial charge in [-0.1, -0.05) is 212 Å². The second-order valence-electron chi connectivity index (χ2n) is 13.5. The fourth-order valence-corrected chi connectivity index (χ4v) is 11.6. The molecule has 63 heavy (non-hydrogen) atoms. The molecule has 1 unspecified atom stereocenters. The average Bonchev–Trinajstić information content (AvgIpc) is 1.72. The molecular weight excluding hydrogens is 783 g/mol. The maximum absolute atomic E-state index is 10.3. The zero-order valence-electron chi connectivity index (χ0n) is 65.6. The number of hydrogen-bond acceptors (Lipinski definition) is 3. The molecule has 296 valence electrons. The summed E-state index contributed by atoms with van der Waals surface area (Å²) in [4.78, 5) is 14.2. The molecule has 3 aromatic heterocycles. The van der Waals surface area contributed by atoms with Gasteiger partial charge in [0.05, 0.1) is 68.7 Å². The molecule has 0 aliphatic carbocycles. The van der Waals surface area contributed by atoms with E-state index in [0.717, 1.165) is 27.3 Å². The van der Waals surface area contributed by atoms with Crippen molar-refractivity contribution in [2.24, 2.45) is 0 Å². The Hall–Kier alpha value is -8.19. The first-order valence-corrected chi connectivity index (χ1v) is 20.6. The summed E-state index contributed by atoms with van der Waals surface area (Å²) in [6.07, 6.45) is 0. The number of nitrogens with zero attached hydrogens (tertiary/aromatic N) is 5. The number of para-hydroxylation sites is 4. The van der Waals surface area contributed by atoms with Gasteiger partial charge in [-0.05, 0) is 56.0 Å². The quantitative estimate of drug-likeness (QED) is 0.113. The molecule has 0 aliphatic rings. The van der Waals surface area contributed by atoms with E-state index >= 15 is 0 Å². The zero-order chi connectivity index (χ0) is 71.3. The van der Waals surface area contributed by atoms with Gasteiger partial charge >= 0.3 is 0 Å². The van der Waals surface area contributed by atoms with Gasteiger partial charge in [0, 0.05) is 27.1 Å². The van der Waals surface area contributed by atoms with Crippen LogP contribution in [0.4, 0.5) is 0 Å². The molecule has 0 spiro atoms. The van der Waals surface area contributed by atoms with Gasteiger partial charge < -0.3 is 0 Å². The molecule has 0 fully saturated rings. The highest BCUT2D eigenvalue weighted by Gasteiger charge is 2.42. The third-order valence-corrected chi connectivity index (χ3v) is 14.5. The minimum Gasteiger partial charge on any atom is -0.278 e. The van der Waals surface area contributed by atoms with Crippen LogP contribution in [-0.2, 0) is 0 Å². The second-order valence-corrected chi connectivity index (χ2v) is 17.1. The first kappa shape index (κ1) is 15.9. The molecule has 0 saturated heterocycles. The fourth-order valence-electron chi connectivity index (χ4n) is 7.60. The molecule has 9 aromatic carbocycles. The Morgan fingerprint density at radius 2 is 0.810 bits per heavy atom. The number of hydrogen-bond donors (Lipinski definition) is 0. The molecule has 0 aliphatic heterocycles. The first-order valence-electron chi connectivity index (χ1n) is 35.6. The van der Waals surface area contributed by atoms with Crippen molar-refractivity contribution in [1.82, 2.24) is 24.1 Å². The summed E-state index contributed by atoms with van der Waals surface area (Å²) >= 11 is 0. The fraction of sp³-hybridized carbons (Fsp3) is 0. The van der Waals surface area contributed by atoms with Gasteiger partial charge in [-0.15, -0.1) is 0 Å². The van der Waals surface area contributed by atoms with Crippen LogP contribution in [-0.4, -0.2) is 32.2 Å². The van der Waals surface area contributed by atoms with E-state index in [2.05, 4.69) is 0 Å². The van der Waals surface area contributed by atoms with Gasteiger partial charge in [0.1, 0.15) is 0 Å². The van der Waals surface area contributed by atoms with Gasteiger partial charge in [-0.25, -0.2) is 0 Å². The van der Waals surface area contributed by atoms with Crippen LogP contribution >= 0.6 is 0 Å². The maximum Gasteiger partial charge on any atom is 0.240 e. The van der Waals surface area contributed by atoms with Crippen LogP contribution in [0.2, 0.25) is 0 Å². The smallest absolute Gasteiger partial charge is 0.240 e. The van der Waals surface area contributed by atoms with E-state index in [1.807, 2.05) is 0 Å². The summed E-state index contributed by atoms with van der Waals surface area (Å²) in [5.41, 5.74) is -4.75. The van der Waals surface area contributed by atoms with Crippen molar-refractivity contribution in [3.05, 3.63) is 236 Å². The molecule has 0 amide bonds. The van der Waals surface area contributed by atoms with Crippen LogP contribution in [0.15, 0.2) is 236 Å². The van der Waals surface area contributed by atoms with E-state index in [1.165, 1.54) is 12.1 Å². The van der Waals surface area contributed by atoms with Crippen molar-refractivity contribution < 1.29 is 46.6 Å². The van der Waals surface area contributed by atoms with Crippen molar-refractivity contribution in [1.29, 1.82) is 0 Å². The van der Waals surface area contributed by atoms with E-state index in [0.29, 0.717) is 0 Å². The zero-order valence-corrected chi connectivity index (χ0v) is 32.6. The van der Waals surface area contributed by atoms with Crippen LogP contribution in [0.1, 0.15) is 46.6 Å². The average molecular weight is 856 g/mol. The van der Waals surface area contributed by atoms with Crippen molar-refractivity contribution in [2.45, 2.75) is 0 Å². The van der Waals surface area contributed by atoms with E-state index in [4.69, 9.17) is 41.0 Å². The van der Waals surface area contributed by atoms with Crippen molar-refractivity contribution in [2.75, 3.05) is 0 Å². The number of rotatable bonds is 8. The van der Waals surface area contributed by atoms with E-state index in [-0.39, 0.29) is 0 Å². The number of aromatic nitrogens is 5. The van der Waals surface area contributed by atoms with Crippen LogP contribution in [0, 0.1) is 0 Å². The Morgan fingerprint density at radius 3 is 1.38 bits per heavy atom. The molecule has 5 nitrogen and oxygen atoms in total. The Bertz CT molecular complexity index is 5280. The summed E-state index contributed by atoms with van der Waals surface area (Å²) in [5.74, 6) is -2.49. The highest BCUT2D eigenvalue weighted by atomic mass is 28.3. The molecule has 0 radical (unpaired) electrons. The Balaban J connectivity index is 1.35. The minimum absolute atomic E-state index is 0.422. The number of benzene rings is 9. The summed E-state index contributed by atoms with van der Waals surface area (Å²) < 4.78 is 312. The van der Waals surface area contributed by atoms with Gasteiger partial charge in [0.25, 0.3) is 0 Å². The van der Waals surface area contributed by atoms with Crippen LogP contribution in [0.3, 0.4) is 0 Å². The molecule has 0 bridgehead atoms. The van der Waals surface area contributed by atoms with Gasteiger partial charge in [0.2, 0.25) is 11.9 Å². The Kier molecular flexibility index (Phi) is 3.81. The molecule has 0 N–H and O–H groups in total. The van der Waals surface area contributed by atoms with E-state index in [9.17, 15) is 20.6 Å². The predicted molar refractivity (Wildman–Crippen MR) is 263 cm³/mol. The lowest BCUT2D eigenvalue weighted by Gasteiger charge is -2.35. The van der Waals surface area contributed by atoms with Gasteiger partial charge in [0.15, 0.2) is 13.9 Å². The van der Waals surface area contributed by atoms with Crippen LogP contribution in [0.25, 0.3) is 78.0 Å². The lowest BCUT2D eigenvalue weighted by molar-refractivity contribution is 0.893. The normalized spacial score (nSPS) is 20.1. The van der Waals surface area contributed by atoms with Crippen LogP contribution < -0.4 is 20.7 Å². The largest absolute Gasteiger partial charge is 0.278 e. The van der Waals surface area contributed by atoms with Crippen LogP contribution in [0.5, 0.6) is 0 Å². The predicted octanol–water partition coefficient (Wildman–Crippen LogP) is 10.8. The SMILES string of the molecule is [2H]c1cc([Si](c2cccc(-c3nc(-n4c5c([2H])c([2H])c([2H])c([2H])c5c5c([2H])c([2H])c([2H])c([2H])c54)nc(-n4c5c([2H])c([2H])c([2H])c([2H])c5c5c([2H])c([2H])c([2H])c([2H])c54)n3)c2)(c2c([2H])c([2H])c([2H])c([2H])c2[2H])c2c([2H])c([2H])c([2H])c(-c3c([2H])c([2H])c([2H])c([2H])c3[2H])c2[2H])c([2H])c([2H])c1[2H]. The Morgan fingerprint density at radius 1 is 0.349 bits per heavy atom. The monoisotopic (exact) mass is 856 g/mol. The Labute approximate surface area is 413 Å². The lowest BCUT2D eigenvalue weighted by Crippen LogP contribution is -2.74. The number of fused-ring (bicyclic) bond motifs is 6. The highest BCUT2D eigenvalue weighted by Crippen LogP contribution is 2.34. The van der Waals surface area contributed by atoms with Gasteiger partial charge in [-0.3, -0.25) is 9.13 Å². The molecule has 1 atom stereocenters.